The molecule has 0 saturated heterocycles. The number of H-pyrrole nitrogens is 4. The van der Waals surface area contributed by atoms with Crippen molar-refractivity contribution in [2.45, 2.75) is 37.5 Å². The molecule has 0 bridgehead atoms. The van der Waals surface area contributed by atoms with Gasteiger partial charge in [-0.1, -0.05) is 35.4 Å². The summed E-state index contributed by atoms with van der Waals surface area (Å²) in [5, 5.41) is 1.92. The van der Waals surface area contributed by atoms with Crippen LogP contribution in [0.3, 0.4) is 0 Å². The number of aryl methyl sites for hydroxylation is 4. The van der Waals surface area contributed by atoms with Crippen LogP contribution in [0.5, 0.6) is 0 Å². The van der Waals surface area contributed by atoms with E-state index in [2.05, 4.69) is 19.9 Å². The Kier molecular flexibility index (Phi) is 10.3. The molecule has 10 aromatic rings. The van der Waals surface area contributed by atoms with Crippen LogP contribution in [-0.4, -0.2) is 94.8 Å². The zero-order valence-electron chi connectivity index (χ0n) is 32.7. The van der Waals surface area contributed by atoms with E-state index in [1.54, 1.807) is 48.5 Å². The first-order valence-corrected chi connectivity index (χ1v) is 21.1. The number of hydrogen-bond acceptors (Lipinski definition) is 10. The van der Waals surface area contributed by atoms with Crippen molar-refractivity contribution in [3.63, 3.8) is 0 Å². The normalized spacial score (nSPS) is 12.2. The zero-order valence-corrected chi connectivity index (χ0v) is 38.8. The first kappa shape index (κ1) is 42.3. The van der Waals surface area contributed by atoms with E-state index in [-0.39, 0.29) is 103 Å². The quantitative estimate of drug-likeness (QED) is 0.0892. The fraction of sp³-hybridized carbons (Fsp3) is 0.0909. The molecule has 10 rings (SSSR count). The van der Waals surface area contributed by atoms with Crippen LogP contribution in [0.4, 0.5) is 0 Å². The van der Waals surface area contributed by atoms with Crippen molar-refractivity contribution < 1.29 is 25.9 Å². The van der Waals surface area contributed by atoms with E-state index in [4.69, 9.17) is 0 Å². The average Bonchev–Trinajstić information content (AvgIpc) is 3.18. The van der Waals surface area contributed by atoms with Gasteiger partial charge in [0, 0.05) is 43.4 Å². The average molecular weight is 976 g/mol. The Morgan fingerprint density at radius 3 is 0.984 bits per heavy atom. The monoisotopic (exact) mass is 976 g/mol. The van der Waals surface area contributed by atoms with Gasteiger partial charge in [-0.15, -0.1) is 0 Å². The first-order valence-electron chi connectivity index (χ1n) is 18.3. The molecule has 0 amide bonds. The van der Waals surface area contributed by atoms with E-state index in [0.29, 0.717) is 54.6 Å². The first-order chi connectivity index (χ1) is 28.3. The molecule has 0 aliphatic rings. The van der Waals surface area contributed by atoms with Gasteiger partial charge in [-0.25, -0.2) is 16.8 Å². The summed E-state index contributed by atoms with van der Waals surface area (Å²) in [5.41, 5.74) is 4.20. The summed E-state index contributed by atoms with van der Waals surface area (Å²) in [6.45, 7) is 6.74. The number of nitrogens with one attached hydrogen (secondary N) is 4. The summed E-state index contributed by atoms with van der Waals surface area (Å²) < 4.78 is 71.0. The van der Waals surface area contributed by atoms with Gasteiger partial charge in [0.25, 0.3) is 0 Å². The SMILES string of the molecule is Cc1ccc2[nH]c3cc4c(=O)c5c(S(=O)(=O)[O-])c(C)ccc5[nH]c4cc3c(=O)c2c1.Cc1ccc2[nH]c3cc4c(=O)c5c(S(=O)(=O)[O-])c(C)ccc5[nH]c4cc3c(=O)c2c1.[Ba+2]. The van der Waals surface area contributed by atoms with Gasteiger partial charge in [-0.05, 0) is 99.5 Å². The minimum atomic E-state index is -4.86. The largest absolute Gasteiger partial charge is 2.00 e. The second-order valence-electron chi connectivity index (χ2n) is 15.0. The van der Waals surface area contributed by atoms with Gasteiger partial charge in [0.1, 0.15) is 20.2 Å². The molecule has 0 aliphatic heterocycles. The molecule has 0 fully saturated rings. The topological polar surface area (TPSA) is 246 Å². The molecule has 0 aliphatic carbocycles. The number of aromatic nitrogens is 4. The fourth-order valence-corrected chi connectivity index (χ4v) is 9.92. The molecule has 6 aromatic carbocycles. The molecule has 0 atom stereocenters. The molecule has 4 heterocycles. The predicted molar refractivity (Wildman–Crippen MR) is 236 cm³/mol. The number of hydrogen-bond donors (Lipinski definition) is 4. The minimum Gasteiger partial charge on any atom is -0.744 e. The summed E-state index contributed by atoms with van der Waals surface area (Å²) in [4.78, 5) is 63.8. The second-order valence-corrected chi connectivity index (χ2v) is 17.6. The van der Waals surface area contributed by atoms with Crippen LogP contribution in [0.25, 0.3) is 87.2 Å². The molecule has 0 spiro atoms. The fourth-order valence-electron chi connectivity index (χ4n) is 8.09. The van der Waals surface area contributed by atoms with Crippen molar-refractivity contribution in [1.82, 2.24) is 19.9 Å². The van der Waals surface area contributed by atoms with Crippen molar-refractivity contribution in [3.8, 4) is 0 Å². The van der Waals surface area contributed by atoms with Crippen LogP contribution in [0, 0.1) is 27.7 Å². The summed E-state index contributed by atoms with van der Waals surface area (Å²) in [5.74, 6) is 0. The zero-order chi connectivity index (χ0) is 42.7. The number of rotatable bonds is 2. The molecule has 0 radical (unpaired) electrons. The van der Waals surface area contributed by atoms with Crippen molar-refractivity contribution in [2.24, 2.45) is 0 Å². The van der Waals surface area contributed by atoms with Crippen LogP contribution in [0.15, 0.2) is 114 Å². The smallest absolute Gasteiger partial charge is 0.744 e. The summed E-state index contributed by atoms with van der Waals surface area (Å²) in [7, 11) is -9.72. The molecule has 300 valence electrons. The van der Waals surface area contributed by atoms with Gasteiger partial charge < -0.3 is 29.0 Å². The molecule has 61 heavy (non-hydrogen) atoms. The van der Waals surface area contributed by atoms with Crippen LogP contribution in [0.1, 0.15) is 22.3 Å². The molecule has 14 nitrogen and oxygen atoms in total. The number of pyridine rings is 4. The van der Waals surface area contributed by atoms with E-state index in [1.165, 1.54) is 38.1 Å². The Morgan fingerprint density at radius 1 is 0.377 bits per heavy atom. The van der Waals surface area contributed by atoms with Crippen LogP contribution in [0.2, 0.25) is 0 Å². The molecule has 4 aromatic heterocycles. The van der Waals surface area contributed by atoms with Crippen molar-refractivity contribution in [2.75, 3.05) is 0 Å². The van der Waals surface area contributed by atoms with E-state index >= 15 is 0 Å². The Bertz CT molecular complexity index is 3830. The number of fused-ring (bicyclic) bond motifs is 8. The number of benzene rings is 6. The van der Waals surface area contributed by atoms with Gasteiger partial charge >= 0.3 is 48.9 Å². The Morgan fingerprint density at radius 2 is 0.656 bits per heavy atom. The summed E-state index contributed by atoms with van der Waals surface area (Å²) in [6.07, 6.45) is 0. The van der Waals surface area contributed by atoms with E-state index in [1.807, 2.05) is 26.0 Å². The van der Waals surface area contributed by atoms with E-state index in [0.717, 1.165) is 11.1 Å². The van der Waals surface area contributed by atoms with Crippen LogP contribution in [-0.2, 0) is 20.2 Å². The van der Waals surface area contributed by atoms with Gasteiger partial charge in [-0.2, -0.15) is 0 Å². The third-order valence-corrected chi connectivity index (χ3v) is 12.9. The Balaban J connectivity index is 0.000000166. The summed E-state index contributed by atoms with van der Waals surface area (Å²) in [6, 6.07) is 23.2. The van der Waals surface area contributed by atoms with Gasteiger partial charge in [-0.3, -0.25) is 19.2 Å². The predicted octanol–water partition coefficient (Wildman–Crippen LogP) is 6.01. The molecule has 0 saturated carbocycles. The van der Waals surface area contributed by atoms with Crippen molar-refractivity contribution >= 4 is 156 Å². The Hall–Kier alpha value is -5.41. The maximum atomic E-state index is 13.2. The molecule has 17 heteroatoms. The molecule has 4 N–H and O–H groups in total. The minimum absolute atomic E-state index is 0. The maximum absolute atomic E-state index is 13.2. The van der Waals surface area contributed by atoms with Crippen molar-refractivity contribution in [3.05, 3.63) is 148 Å². The van der Waals surface area contributed by atoms with E-state index < -0.39 is 40.9 Å². The van der Waals surface area contributed by atoms with Crippen molar-refractivity contribution in [1.29, 1.82) is 0 Å². The van der Waals surface area contributed by atoms with Crippen LogP contribution < -0.4 is 21.7 Å². The number of aromatic amines is 4. The van der Waals surface area contributed by atoms with Gasteiger partial charge in [0.15, 0.2) is 21.7 Å². The third kappa shape index (κ3) is 7.03. The second kappa shape index (κ2) is 14.9. The summed E-state index contributed by atoms with van der Waals surface area (Å²) >= 11 is 0. The van der Waals surface area contributed by atoms with Gasteiger partial charge in [0.05, 0.1) is 53.7 Å². The maximum Gasteiger partial charge on any atom is 2.00 e. The molecule has 0 unspecified atom stereocenters. The Labute approximate surface area is 384 Å². The standard InChI is InChI=1S/2C22H16N2O5S.Ba/c2*1-10-3-5-15-12(7-10)20(25)13-8-18-14(9-17(13)23-15)21(26)19-16(24-18)6-4-11(2)22(19)30(27,28)29;/h2*3-9H,1-2H3,(H,23,25)(H,24,26)(H,27,28,29);/q;;+2/p-2. The van der Waals surface area contributed by atoms with Gasteiger partial charge in [0.2, 0.25) is 0 Å². The van der Waals surface area contributed by atoms with Crippen LogP contribution >= 0.6 is 0 Å². The molecular weight excluding hydrogens is 946 g/mol. The third-order valence-electron chi connectivity index (χ3n) is 10.9. The van der Waals surface area contributed by atoms with E-state index in [9.17, 15) is 45.1 Å². The molecular formula is C44H30BaN4O10S2.